The smallest absolute Gasteiger partial charge is 0.204 e. The molecule has 0 aromatic heterocycles. The van der Waals surface area contributed by atoms with Crippen molar-refractivity contribution >= 4 is 21.5 Å². The Kier molecular flexibility index (Phi) is 5.96. The molecule has 0 fully saturated rings. The molecular formula is C27H10F10O. The van der Waals surface area contributed by atoms with E-state index in [1.165, 1.54) is 0 Å². The quantitative estimate of drug-likeness (QED) is 0.0963. The average molecular weight is 540 g/mol. The van der Waals surface area contributed by atoms with Crippen molar-refractivity contribution in [3.63, 3.8) is 0 Å². The zero-order valence-corrected chi connectivity index (χ0v) is 18.7. The molecular weight excluding hydrogens is 530 g/mol. The molecule has 0 aliphatic heterocycles. The number of fused-ring (bicyclic) bond motifs is 2. The number of halogens is 10. The van der Waals surface area contributed by atoms with Crippen LogP contribution >= 0.6 is 0 Å². The molecule has 1 nitrogen and oxygen atoms in total. The predicted molar refractivity (Wildman–Crippen MR) is 118 cm³/mol. The largest absolute Gasteiger partial charge is 0.491 e. The lowest BCUT2D eigenvalue weighted by atomic mass is 9.85. The summed E-state index contributed by atoms with van der Waals surface area (Å²) in [6, 6.07) is 4.22. The van der Waals surface area contributed by atoms with Crippen LogP contribution in [0.4, 0.5) is 43.9 Å². The van der Waals surface area contributed by atoms with E-state index in [9.17, 15) is 26.3 Å². The Bertz CT molecular complexity index is 1760. The Morgan fingerprint density at radius 2 is 1.00 bits per heavy atom. The minimum Gasteiger partial charge on any atom is -0.491 e. The summed E-state index contributed by atoms with van der Waals surface area (Å²) in [5.74, 6) is -18.5. The van der Waals surface area contributed by atoms with Gasteiger partial charge in [0.05, 0.1) is 12.7 Å². The topological polar surface area (TPSA) is 9.23 Å². The first-order valence-electron chi connectivity index (χ1n) is 10.6. The highest BCUT2D eigenvalue weighted by Gasteiger charge is 2.32. The summed E-state index contributed by atoms with van der Waals surface area (Å²) in [5, 5.41) is -2.80. The number of benzene rings is 5. The van der Waals surface area contributed by atoms with Gasteiger partial charge in [0, 0.05) is 21.9 Å². The summed E-state index contributed by atoms with van der Waals surface area (Å²) in [4.78, 5) is 0. The maximum Gasteiger partial charge on any atom is 0.204 e. The van der Waals surface area contributed by atoms with E-state index in [1.807, 2.05) is 0 Å². The summed E-state index contributed by atoms with van der Waals surface area (Å²) in [6.45, 7) is 0. The number of ether oxygens (including phenoxy) is 1. The molecule has 0 N–H and O–H groups in total. The van der Waals surface area contributed by atoms with Crippen molar-refractivity contribution in [3.8, 4) is 28.0 Å². The van der Waals surface area contributed by atoms with Gasteiger partial charge in [0.2, 0.25) is 11.6 Å². The van der Waals surface area contributed by atoms with Crippen molar-refractivity contribution in [1.29, 1.82) is 0 Å². The van der Waals surface area contributed by atoms with Crippen molar-refractivity contribution in [2.75, 3.05) is 7.11 Å². The second-order valence-electron chi connectivity index (χ2n) is 8.14. The first kappa shape index (κ1) is 25.4. The van der Waals surface area contributed by atoms with Gasteiger partial charge in [-0.1, -0.05) is 6.07 Å². The molecule has 0 bridgehead atoms. The standard InChI is InChI=1S/C27H10F10O/c1-38-27-25(36)23(34)21(24(35)26(27)37)18-11-3-2-10(28)8-12(11)17(9-6-15(31)22(33)16(32)7-9)19-13(29)4-5-14(30)20(18)19/h2-8H,1H3. The minimum atomic E-state index is -2.04. The van der Waals surface area contributed by atoms with Crippen LogP contribution in [0, 0.1) is 58.2 Å². The fraction of sp³-hybridized carbons (Fsp3) is 0.0370. The van der Waals surface area contributed by atoms with E-state index < -0.39 is 108 Å². The first-order valence-corrected chi connectivity index (χ1v) is 10.6. The molecule has 0 heterocycles. The Morgan fingerprint density at radius 3 is 1.53 bits per heavy atom. The van der Waals surface area contributed by atoms with Gasteiger partial charge in [0.1, 0.15) is 17.5 Å². The van der Waals surface area contributed by atoms with E-state index in [1.54, 1.807) is 0 Å². The molecule has 0 aliphatic rings. The Hall–Kier alpha value is -4.28. The van der Waals surface area contributed by atoms with E-state index in [-0.39, 0.29) is 0 Å². The van der Waals surface area contributed by atoms with E-state index >= 15 is 17.6 Å². The van der Waals surface area contributed by atoms with Crippen LogP contribution in [0.5, 0.6) is 5.75 Å². The lowest BCUT2D eigenvalue weighted by Gasteiger charge is -2.20. The summed E-state index contributed by atoms with van der Waals surface area (Å²) >= 11 is 0. The average Bonchev–Trinajstić information content (AvgIpc) is 2.88. The van der Waals surface area contributed by atoms with Crippen LogP contribution in [0.15, 0.2) is 42.5 Å². The summed E-state index contributed by atoms with van der Waals surface area (Å²) in [7, 11) is 0.735. The lowest BCUT2D eigenvalue weighted by Crippen LogP contribution is -2.06. The number of rotatable bonds is 3. The first-order chi connectivity index (χ1) is 18.0. The minimum absolute atomic E-state index is 0.426. The highest BCUT2D eigenvalue weighted by atomic mass is 19.2. The highest BCUT2D eigenvalue weighted by Crippen LogP contribution is 2.48. The van der Waals surface area contributed by atoms with Crippen LogP contribution in [0.3, 0.4) is 0 Å². The van der Waals surface area contributed by atoms with Crippen molar-refractivity contribution < 1.29 is 48.6 Å². The number of methoxy groups -OCH3 is 1. The van der Waals surface area contributed by atoms with Gasteiger partial charge in [0.25, 0.3) is 0 Å². The third-order valence-electron chi connectivity index (χ3n) is 6.07. The highest BCUT2D eigenvalue weighted by molar-refractivity contribution is 6.21. The van der Waals surface area contributed by atoms with E-state index in [0.717, 1.165) is 19.2 Å². The zero-order valence-electron chi connectivity index (χ0n) is 18.7. The van der Waals surface area contributed by atoms with Crippen LogP contribution < -0.4 is 4.74 Å². The van der Waals surface area contributed by atoms with E-state index in [4.69, 9.17) is 0 Å². The van der Waals surface area contributed by atoms with Gasteiger partial charge >= 0.3 is 0 Å². The molecule has 0 saturated carbocycles. The van der Waals surface area contributed by atoms with Crippen LogP contribution in [0.2, 0.25) is 0 Å². The molecule has 5 aromatic carbocycles. The molecule has 194 valence electrons. The summed E-state index contributed by atoms with van der Waals surface area (Å²) in [6.07, 6.45) is 0. The Balaban J connectivity index is 2.12. The van der Waals surface area contributed by atoms with Gasteiger partial charge in [-0.05, 0) is 52.7 Å². The van der Waals surface area contributed by atoms with E-state index in [0.29, 0.717) is 30.3 Å². The zero-order chi connectivity index (χ0) is 27.6. The maximum atomic E-state index is 15.3. The molecule has 38 heavy (non-hydrogen) atoms. The third-order valence-corrected chi connectivity index (χ3v) is 6.07. The lowest BCUT2D eigenvalue weighted by molar-refractivity contribution is 0.334. The maximum absolute atomic E-state index is 15.3. The van der Waals surface area contributed by atoms with Crippen LogP contribution in [-0.2, 0) is 0 Å². The van der Waals surface area contributed by atoms with Crippen LogP contribution in [0.1, 0.15) is 0 Å². The Morgan fingerprint density at radius 1 is 0.474 bits per heavy atom. The van der Waals surface area contributed by atoms with Crippen molar-refractivity contribution in [1.82, 2.24) is 0 Å². The molecule has 0 atom stereocenters. The fourth-order valence-corrected chi connectivity index (χ4v) is 4.52. The molecule has 11 heteroatoms. The second kappa shape index (κ2) is 8.93. The van der Waals surface area contributed by atoms with Crippen molar-refractivity contribution in [3.05, 3.63) is 101 Å². The normalized spacial score (nSPS) is 11.6. The molecule has 0 saturated heterocycles. The number of hydrogen-bond donors (Lipinski definition) is 0. The molecule has 0 unspecified atom stereocenters. The molecule has 5 rings (SSSR count). The van der Waals surface area contributed by atoms with Crippen LogP contribution in [0.25, 0.3) is 43.8 Å². The van der Waals surface area contributed by atoms with Crippen molar-refractivity contribution in [2.24, 2.45) is 0 Å². The van der Waals surface area contributed by atoms with Gasteiger partial charge in [-0.15, -0.1) is 0 Å². The van der Waals surface area contributed by atoms with Gasteiger partial charge < -0.3 is 4.74 Å². The Labute approximate surface area is 206 Å². The van der Waals surface area contributed by atoms with E-state index in [2.05, 4.69) is 4.74 Å². The van der Waals surface area contributed by atoms with Gasteiger partial charge in [-0.3, -0.25) is 0 Å². The summed E-state index contributed by atoms with van der Waals surface area (Å²) < 4.78 is 151. The summed E-state index contributed by atoms with van der Waals surface area (Å²) in [5.41, 5.74) is -3.57. The second-order valence-corrected chi connectivity index (χ2v) is 8.14. The monoisotopic (exact) mass is 540 g/mol. The SMILES string of the molecule is COc1c(F)c(F)c(-c2c3ccc(F)cc3c(-c3cc(F)c(F)c(F)c3)c3c(F)ccc(F)c23)c(F)c1F. The number of hydrogen-bond acceptors (Lipinski definition) is 1. The molecule has 0 aliphatic carbocycles. The van der Waals surface area contributed by atoms with Gasteiger partial charge in [-0.25, -0.2) is 35.1 Å². The molecule has 0 radical (unpaired) electrons. The van der Waals surface area contributed by atoms with Crippen LogP contribution in [-0.4, -0.2) is 7.11 Å². The molecule has 0 amide bonds. The third kappa shape index (κ3) is 3.56. The van der Waals surface area contributed by atoms with Gasteiger partial charge in [-0.2, -0.15) is 8.78 Å². The predicted octanol–water partition coefficient (Wildman–Crippen LogP) is 8.73. The van der Waals surface area contributed by atoms with Gasteiger partial charge in [0.15, 0.2) is 34.8 Å². The molecule has 0 spiro atoms. The van der Waals surface area contributed by atoms with Crippen molar-refractivity contribution in [2.45, 2.75) is 0 Å². The fourth-order valence-electron chi connectivity index (χ4n) is 4.52. The molecule has 5 aromatic rings.